The number of piperidine rings is 1. The van der Waals surface area contributed by atoms with E-state index in [1.165, 1.54) is 19.2 Å². The summed E-state index contributed by atoms with van der Waals surface area (Å²) in [5.74, 6) is 0.722. The quantitative estimate of drug-likeness (QED) is 0.252. The molecule has 1 fully saturated rings. The molecule has 11 heteroatoms. The number of halogens is 1. The number of hydrogen-bond donors (Lipinski definition) is 3. The van der Waals surface area contributed by atoms with E-state index in [0.717, 1.165) is 23.4 Å². The molecule has 4 aromatic rings. The van der Waals surface area contributed by atoms with Gasteiger partial charge in [-0.1, -0.05) is 18.2 Å². The second-order valence-corrected chi connectivity index (χ2v) is 11.3. The Morgan fingerprint density at radius 2 is 1.69 bits per heavy atom. The molecule has 45 heavy (non-hydrogen) atoms. The summed E-state index contributed by atoms with van der Waals surface area (Å²) in [6.07, 6.45) is 0.977. The molecule has 0 radical (unpaired) electrons. The molecule has 3 aromatic carbocycles. The molecule has 1 saturated heterocycles. The third-order valence-electron chi connectivity index (χ3n) is 8.35. The van der Waals surface area contributed by atoms with Crippen molar-refractivity contribution in [1.29, 1.82) is 0 Å². The fourth-order valence-electron chi connectivity index (χ4n) is 6.21. The summed E-state index contributed by atoms with van der Waals surface area (Å²) in [4.78, 5) is 41.3. The largest absolute Gasteiger partial charge is 0.497 e. The number of nitrogens with zero attached hydrogens (tertiary/aromatic N) is 2. The lowest BCUT2D eigenvalue weighted by atomic mass is 9.83. The van der Waals surface area contributed by atoms with E-state index in [9.17, 15) is 18.8 Å². The Morgan fingerprint density at radius 3 is 2.47 bits per heavy atom. The van der Waals surface area contributed by atoms with Crippen LogP contribution in [0.3, 0.4) is 0 Å². The molecule has 6 rings (SSSR count). The van der Waals surface area contributed by atoms with Crippen LogP contribution in [0.4, 0.5) is 26.2 Å². The maximum absolute atomic E-state index is 13.4. The van der Waals surface area contributed by atoms with Gasteiger partial charge >= 0.3 is 6.03 Å². The van der Waals surface area contributed by atoms with E-state index in [4.69, 9.17) is 9.47 Å². The molecule has 2 atom stereocenters. The molecule has 232 valence electrons. The molecule has 3 amide bonds. The van der Waals surface area contributed by atoms with E-state index < -0.39 is 6.03 Å². The van der Waals surface area contributed by atoms with Gasteiger partial charge in [0, 0.05) is 55.5 Å². The van der Waals surface area contributed by atoms with Gasteiger partial charge in [-0.2, -0.15) is 0 Å². The average molecular weight is 612 g/mol. The van der Waals surface area contributed by atoms with Gasteiger partial charge in [0.25, 0.3) is 11.5 Å². The number of ether oxygens (including phenoxy) is 2. The van der Waals surface area contributed by atoms with Crippen molar-refractivity contribution in [3.8, 4) is 11.5 Å². The number of anilines is 3. The van der Waals surface area contributed by atoms with E-state index in [1.54, 1.807) is 61.7 Å². The van der Waals surface area contributed by atoms with Crippen molar-refractivity contribution in [1.82, 2.24) is 9.88 Å². The monoisotopic (exact) mass is 611 g/mol. The van der Waals surface area contributed by atoms with Crippen molar-refractivity contribution in [3.63, 3.8) is 0 Å². The number of carbonyl (C=O) groups is 2. The zero-order valence-corrected chi connectivity index (χ0v) is 25.0. The number of benzene rings is 3. The van der Waals surface area contributed by atoms with E-state index in [2.05, 4.69) is 20.9 Å². The van der Waals surface area contributed by atoms with Gasteiger partial charge < -0.3 is 34.9 Å². The van der Waals surface area contributed by atoms with Crippen molar-refractivity contribution in [2.45, 2.75) is 25.4 Å². The normalized spacial score (nSPS) is 16.7. The standard InChI is InChI=1S/C34H34FN5O5/c1-44-26-11-12-27(31(16-26)45-2)37-34(43)38-28-15-23(33(42)36-17-21-6-9-25(35)10-7-21)8-13-30(28)39-18-22-14-24(20-39)29-4-3-5-32(41)40(29)19-22/h3-13,15-16,22,24H,14,17-20H2,1-2H3,(H,36,42)(H2,37,38,43). The molecule has 3 heterocycles. The molecule has 3 N–H and O–H groups in total. The summed E-state index contributed by atoms with van der Waals surface area (Å²) in [5.41, 5.74) is 3.81. The number of hydrogen-bond acceptors (Lipinski definition) is 6. The van der Waals surface area contributed by atoms with E-state index in [-0.39, 0.29) is 35.7 Å². The summed E-state index contributed by atoms with van der Waals surface area (Å²) in [6, 6.07) is 21.1. The van der Waals surface area contributed by atoms with E-state index in [1.807, 2.05) is 16.7 Å². The van der Waals surface area contributed by atoms with Crippen molar-refractivity contribution in [2.24, 2.45) is 5.92 Å². The van der Waals surface area contributed by atoms with Crippen LogP contribution < -0.4 is 35.9 Å². The predicted molar refractivity (Wildman–Crippen MR) is 170 cm³/mol. The van der Waals surface area contributed by atoms with Crippen LogP contribution in [0.25, 0.3) is 0 Å². The highest BCUT2D eigenvalue weighted by molar-refractivity contribution is 6.04. The lowest BCUT2D eigenvalue weighted by Crippen LogP contribution is -2.47. The first-order valence-corrected chi connectivity index (χ1v) is 14.7. The molecule has 2 aliphatic rings. The number of methoxy groups -OCH3 is 2. The second kappa shape index (κ2) is 12.7. The van der Waals surface area contributed by atoms with Crippen LogP contribution >= 0.6 is 0 Å². The Bertz CT molecular complexity index is 1790. The highest BCUT2D eigenvalue weighted by atomic mass is 19.1. The third-order valence-corrected chi connectivity index (χ3v) is 8.35. The smallest absolute Gasteiger partial charge is 0.323 e. The average Bonchev–Trinajstić information content (AvgIpc) is 3.05. The van der Waals surface area contributed by atoms with Crippen LogP contribution in [0, 0.1) is 11.7 Å². The van der Waals surface area contributed by atoms with Crippen molar-refractivity contribution >= 4 is 29.0 Å². The van der Waals surface area contributed by atoms with Gasteiger partial charge in [-0.15, -0.1) is 0 Å². The molecule has 0 spiro atoms. The van der Waals surface area contributed by atoms with E-state index >= 15 is 0 Å². The van der Waals surface area contributed by atoms with Gasteiger partial charge in [-0.25, -0.2) is 9.18 Å². The second-order valence-electron chi connectivity index (χ2n) is 11.3. The Labute approximate surface area is 259 Å². The Balaban J connectivity index is 1.27. The number of nitrogens with one attached hydrogen (secondary N) is 3. The summed E-state index contributed by atoms with van der Waals surface area (Å²) in [6.45, 7) is 2.19. The van der Waals surface area contributed by atoms with Gasteiger partial charge in [0.2, 0.25) is 0 Å². The summed E-state index contributed by atoms with van der Waals surface area (Å²) < 4.78 is 25.9. The first-order valence-electron chi connectivity index (χ1n) is 14.7. The minimum absolute atomic E-state index is 0.0136. The van der Waals surface area contributed by atoms with Crippen molar-refractivity contribution in [2.75, 3.05) is 42.8 Å². The molecule has 0 saturated carbocycles. The Hall–Kier alpha value is -5.32. The molecule has 2 unspecified atom stereocenters. The van der Waals surface area contributed by atoms with Gasteiger partial charge in [-0.05, 0) is 66.4 Å². The molecule has 0 aliphatic carbocycles. The minimum Gasteiger partial charge on any atom is -0.497 e. The Morgan fingerprint density at radius 1 is 0.889 bits per heavy atom. The fourth-order valence-corrected chi connectivity index (χ4v) is 6.21. The first kappa shape index (κ1) is 29.7. The fraction of sp³-hybridized carbons (Fsp3) is 0.265. The molecule has 2 aliphatic heterocycles. The molecule has 2 bridgehead atoms. The topological polar surface area (TPSA) is 114 Å². The first-order chi connectivity index (χ1) is 21.8. The SMILES string of the molecule is COc1ccc(NC(=O)Nc2cc(C(=O)NCc3ccc(F)cc3)ccc2N2CC3CC(C2)c2cccc(=O)n2C3)c(OC)c1. The predicted octanol–water partition coefficient (Wildman–Crippen LogP) is 5.20. The molecule has 10 nitrogen and oxygen atoms in total. The van der Waals surface area contributed by atoms with Crippen LogP contribution in [0.2, 0.25) is 0 Å². The maximum Gasteiger partial charge on any atom is 0.323 e. The van der Waals surface area contributed by atoms with Gasteiger partial charge in [-0.3, -0.25) is 9.59 Å². The van der Waals surface area contributed by atoms with E-state index in [0.29, 0.717) is 48.1 Å². The number of urea groups is 1. The van der Waals surface area contributed by atoms with Crippen LogP contribution in [0.15, 0.2) is 83.7 Å². The molecule has 1 aromatic heterocycles. The number of fused-ring (bicyclic) bond motifs is 4. The zero-order valence-electron chi connectivity index (χ0n) is 25.0. The van der Waals surface area contributed by atoms with Gasteiger partial charge in [0.05, 0.1) is 31.3 Å². The summed E-state index contributed by atoms with van der Waals surface area (Å²) >= 11 is 0. The van der Waals surface area contributed by atoms with Crippen molar-refractivity contribution < 1.29 is 23.5 Å². The zero-order chi connectivity index (χ0) is 31.5. The van der Waals surface area contributed by atoms with Crippen molar-refractivity contribution in [3.05, 3.63) is 112 Å². The minimum atomic E-state index is -0.516. The maximum atomic E-state index is 13.4. The lowest BCUT2D eigenvalue weighted by Gasteiger charge is -2.44. The number of carbonyl (C=O) groups excluding carboxylic acids is 2. The molecular weight excluding hydrogens is 577 g/mol. The van der Waals surface area contributed by atoms with Crippen LogP contribution in [0.5, 0.6) is 11.5 Å². The van der Waals surface area contributed by atoms with Crippen LogP contribution in [-0.2, 0) is 13.1 Å². The summed E-state index contributed by atoms with van der Waals surface area (Å²) in [5, 5.41) is 8.65. The highest BCUT2D eigenvalue weighted by Gasteiger charge is 2.35. The van der Waals surface area contributed by atoms with Crippen LogP contribution in [0.1, 0.15) is 34.0 Å². The van der Waals surface area contributed by atoms with Crippen LogP contribution in [-0.4, -0.2) is 43.8 Å². The van der Waals surface area contributed by atoms with Gasteiger partial charge in [0.15, 0.2) is 0 Å². The Kier molecular flexibility index (Phi) is 8.41. The third kappa shape index (κ3) is 6.47. The number of pyridine rings is 1. The molecular formula is C34H34FN5O5. The number of amides is 3. The number of aromatic nitrogens is 1. The number of rotatable bonds is 8. The lowest BCUT2D eigenvalue weighted by molar-refractivity contribution is 0.0951. The highest BCUT2D eigenvalue weighted by Crippen LogP contribution is 2.39. The van der Waals surface area contributed by atoms with Gasteiger partial charge in [0.1, 0.15) is 17.3 Å². The summed E-state index contributed by atoms with van der Waals surface area (Å²) in [7, 11) is 3.05.